The first-order chi connectivity index (χ1) is 9.58. The van der Waals surface area contributed by atoms with Gasteiger partial charge in [-0.15, -0.1) is 0 Å². The Labute approximate surface area is 127 Å². The van der Waals surface area contributed by atoms with Gasteiger partial charge in [0, 0.05) is 16.4 Å². The van der Waals surface area contributed by atoms with Crippen molar-refractivity contribution in [3.63, 3.8) is 0 Å². The molecule has 0 aromatic heterocycles. The van der Waals surface area contributed by atoms with Crippen LogP contribution in [0.15, 0.2) is 12.2 Å². The van der Waals surface area contributed by atoms with Crippen molar-refractivity contribution in [2.75, 3.05) is 0 Å². The van der Waals surface area contributed by atoms with E-state index in [1.54, 1.807) is 13.8 Å². The first-order valence-corrected chi connectivity index (χ1v) is 7.75. The molecule has 118 valence electrons. The van der Waals surface area contributed by atoms with Crippen molar-refractivity contribution in [1.29, 1.82) is 0 Å². The predicted octanol–water partition coefficient (Wildman–Crippen LogP) is 2.83. The number of carbonyl (C=O) groups excluding carboxylic acids is 2. The van der Waals surface area contributed by atoms with E-state index >= 15 is 0 Å². The summed E-state index contributed by atoms with van der Waals surface area (Å²) in [6, 6.07) is -0.646. The molecule has 4 heteroatoms. The number of carbonyl (C=O) groups is 2. The predicted molar refractivity (Wildman–Crippen MR) is 81.5 cm³/mol. The molecule has 0 heterocycles. The zero-order valence-corrected chi connectivity index (χ0v) is 13.8. The first kappa shape index (κ1) is 16.1. The van der Waals surface area contributed by atoms with Gasteiger partial charge in [0.2, 0.25) is 5.91 Å². The van der Waals surface area contributed by atoms with Crippen molar-refractivity contribution in [2.45, 2.75) is 66.0 Å². The van der Waals surface area contributed by atoms with Crippen LogP contribution in [-0.2, 0) is 14.3 Å². The van der Waals surface area contributed by atoms with Crippen molar-refractivity contribution >= 4 is 11.9 Å². The minimum Gasteiger partial charge on any atom is -0.460 e. The molecule has 2 aliphatic carbocycles. The van der Waals surface area contributed by atoms with Gasteiger partial charge in [0.25, 0.3) is 0 Å². The number of hydrogen-bond acceptors (Lipinski definition) is 3. The summed E-state index contributed by atoms with van der Waals surface area (Å²) in [5.41, 5.74) is 0.490. The molecule has 0 aromatic carbocycles. The van der Waals surface area contributed by atoms with Crippen LogP contribution in [0.4, 0.5) is 0 Å². The third kappa shape index (κ3) is 2.72. The maximum Gasteiger partial charge on any atom is 0.328 e. The van der Waals surface area contributed by atoms with Crippen molar-refractivity contribution in [3.05, 3.63) is 12.2 Å². The van der Waals surface area contributed by atoms with Gasteiger partial charge in [-0.3, -0.25) is 4.79 Å². The molecule has 1 amide bonds. The van der Waals surface area contributed by atoms with Gasteiger partial charge in [-0.05, 0) is 39.0 Å². The fourth-order valence-corrected chi connectivity index (χ4v) is 4.15. The van der Waals surface area contributed by atoms with E-state index in [9.17, 15) is 9.59 Å². The van der Waals surface area contributed by atoms with Gasteiger partial charge in [-0.2, -0.15) is 0 Å². The van der Waals surface area contributed by atoms with Crippen LogP contribution in [0.3, 0.4) is 0 Å². The summed E-state index contributed by atoms with van der Waals surface area (Å²) in [7, 11) is 0. The van der Waals surface area contributed by atoms with Crippen molar-refractivity contribution in [3.8, 4) is 0 Å². The molecule has 4 nitrogen and oxygen atoms in total. The van der Waals surface area contributed by atoms with Gasteiger partial charge in [0.05, 0.1) is 0 Å². The quantitative estimate of drug-likeness (QED) is 0.640. The second kappa shape index (κ2) is 5.15. The van der Waals surface area contributed by atoms with Crippen LogP contribution in [0, 0.1) is 16.7 Å². The Morgan fingerprint density at radius 1 is 1.33 bits per heavy atom. The molecule has 2 saturated carbocycles. The molecule has 2 bridgehead atoms. The number of fused-ring (bicyclic) bond motifs is 2. The fourth-order valence-electron chi connectivity index (χ4n) is 4.15. The first-order valence-electron chi connectivity index (χ1n) is 7.75. The molecular weight excluding hydrogens is 266 g/mol. The highest BCUT2D eigenvalue weighted by molar-refractivity contribution is 5.94. The van der Waals surface area contributed by atoms with Crippen LogP contribution in [0.5, 0.6) is 0 Å². The van der Waals surface area contributed by atoms with E-state index in [1.807, 2.05) is 0 Å². The van der Waals surface area contributed by atoms with E-state index in [2.05, 4.69) is 32.7 Å². The van der Waals surface area contributed by atoms with Crippen LogP contribution < -0.4 is 5.32 Å². The standard InChI is InChI=1S/C17H27NO3/c1-10(2)13(19)18-11(3)14(20)21-15-16(4,5)12-7-8-17(15,6)9-12/h11-12,15H,1,7-9H2,2-6H3,(H,18,19)/t11-,12?,15?,17?/m0/s1. The second-order valence-corrected chi connectivity index (χ2v) is 7.71. The lowest BCUT2D eigenvalue weighted by atomic mass is 9.70. The molecule has 0 saturated heterocycles. The summed E-state index contributed by atoms with van der Waals surface area (Å²) in [5, 5.41) is 2.62. The fraction of sp³-hybridized carbons (Fsp3) is 0.765. The minimum absolute atomic E-state index is 0.0146. The Balaban J connectivity index is 2.02. The number of esters is 1. The molecule has 2 aliphatic rings. The Morgan fingerprint density at radius 3 is 2.43 bits per heavy atom. The zero-order valence-electron chi connectivity index (χ0n) is 13.8. The summed E-state index contributed by atoms with van der Waals surface area (Å²) in [5.74, 6) is -0.0325. The molecule has 2 rings (SSSR count). The molecule has 0 aliphatic heterocycles. The minimum atomic E-state index is -0.646. The highest BCUT2D eigenvalue weighted by Crippen LogP contribution is 2.63. The molecule has 2 fully saturated rings. The van der Waals surface area contributed by atoms with Gasteiger partial charge in [0.1, 0.15) is 12.1 Å². The number of amides is 1. The monoisotopic (exact) mass is 293 g/mol. The van der Waals surface area contributed by atoms with E-state index in [0.29, 0.717) is 11.5 Å². The van der Waals surface area contributed by atoms with Gasteiger partial charge in [-0.25, -0.2) is 4.79 Å². The molecule has 0 radical (unpaired) electrons. The van der Waals surface area contributed by atoms with Crippen molar-refractivity contribution in [2.24, 2.45) is 16.7 Å². The molecule has 4 atom stereocenters. The lowest BCUT2D eigenvalue weighted by molar-refractivity contribution is -0.167. The van der Waals surface area contributed by atoms with Gasteiger partial charge in [-0.1, -0.05) is 27.4 Å². The third-order valence-electron chi connectivity index (χ3n) is 5.46. The molecular formula is C17H27NO3. The Kier molecular flexibility index (Phi) is 3.94. The summed E-state index contributed by atoms with van der Waals surface area (Å²) in [4.78, 5) is 23.9. The third-order valence-corrected chi connectivity index (χ3v) is 5.46. The average Bonchev–Trinajstić information content (AvgIpc) is 2.85. The van der Waals surface area contributed by atoms with Crippen LogP contribution in [0.1, 0.15) is 53.9 Å². The second-order valence-electron chi connectivity index (χ2n) is 7.71. The summed E-state index contributed by atoms with van der Waals surface area (Å²) >= 11 is 0. The molecule has 0 spiro atoms. The molecule has 0 aromatic rings. The Hall–Kier alpha value is -1.32. The molecule has 3 unspecified atom stereocenters. The number of hydrogen-bond donors (Lipinski definition) is 1. The number of ether oxygens (including phenoxy) is 1. The highest BCUT2D eigenvalue weighted by atomic mass is 16.5. The number of rotatable bonds is 4. The van der Waals surface area contributed by atoms with Gasteiger partial charge >= 0.3 is 5.97 Å². The largest absolute Gasteiger partial charge is 0.460 e. The maximum absolute atomic E-state index is 12.3. The van der Waals surface area contributed by atoms with E-state index in [-0.39, 0.29) is 28.8 Å². The summed E-state index contributed by atoms with van der Waals surface area (Å²) in [6.45, 7) is 13.5. The Bertz CT molecular complexity index is 478. The van der Waals surface area contributed by atoms with Crippen LogP contribution in [0.25, 0.3) is 0 Å². The molecule has 21 heavy (non-hydrogen) atoms. The smallest absolute Gasteiger partial charge is 0.328 e. The van der Waals surface area contributed by atoms with Crippen molar-refractivity contribution < 1.29 is 14.3 Å². The van der Waals surface area contributed by atoms with E-state index in [1.165, 1.54) is 6.42 Å². The van der Waals surface area contributed by atoms with E-state index < -0.39 is 6.04 Å². The topological polar surface area (TPSA) is 55.4 Å². The van der Waals surface area contributed by atoms with E-state index in [0.717, 1.165) is 12.8 Å². The van der Waals surface area contributed by atoms with Gasteiger partial charge in [0.15, 0.2) is 0 Å². The normalized spacial score (nSPS) is 34.3. The number of nitrogens with one attached hydrogen (secondary N) is 1. The lowest BCUT2D eigenvalue weighted by Gasteiger charge is -2.42. The molecule has 1 N–H and O–H groups in total. The lowest BCUT2D eigenvalue weighted by Crippen LogP contribution is -2.48. The average molecular weight is 293 g/mol. The summed E-state index contributed by atoms with van der Waals surface area (Å²) in [6.07, 6.45) is 3.40. The highest BCUT2D eigenvalue weighted by Gasteiger charge is 2.61. The van der Waals surface area contributed by atoms with Crippen LogP contribution >= 0.6 is 0 Å². The van der Waals surface area contributed by atoms with Crippen molar-refractivity contribution in [1.82, 2.24) is 5.32 Å². The Morgan fingerprint density at radius 2 is 1.95 bits per heavy atom. The zero-order chi connectivity index (χ0) is 16.0. The van der Waals surface area contributed by atoms with Gasteiger partial charge < -0.3 is 10.1 Å². The van der Waals surface area contributed by atoms with Crippen LogP contribution in [-0.4, -0.2) is 24.0 Å². The summed E-state index contributed by atoms with van der Waals surface area (Å²) < 4.78 is 5.82. The van der Waals surface area contributed by atoms with Crippen LogP contribution in [0.2, 0.25) is 0 Å². The van der Waals surface area contributed by atoms with E-state index in [4.69, 9.17) is 4.74 Å². The maximum atomic E-state index is 12.3. The SMILES string of the molecule is C=C(C)C(=O)N[C@@H](C)C(=O)OC1C2(C)CCC(C2)C1(C)C.